The molecule has 6 nitrogen and oxygen atoms in total. The van der Waals surface area contributed by atoms with Crippen LogP contribution in [0.5, 0.6) is 0 Å². The highest BCUT2D eigenvalue weighted by atomic mass is 19.1. The van der Waals surface area contributed by atoms with Crippen molar-refractivity contribution in [3.8, 4) is 0 Å². The summed E-state index contributed by atoms with van der Waals surface area (Å²) in [4.78, 5) is 19.6. The third-order valence-corrected chi connectivity index (χ3v) is 6.56. The van der Waals surface area contributed by atoms with Crippen LogP contribution < -0.4 is 5.32 Å². The normalized spacial score (nSPS) is 24.3. The predicted molar refractivity (Wildman–Crippen MR) is 125 cm³/mol. The molecule has 7 heteroatoms. The van der Waals surface area contributed by atoms with Crippen LogP contribution in [-0.2, 0) is 16.0 Å². The van der Waals surface area contributed by atoms with Gasteiger partial charge in [0.05, 0.1) is 17.4 Å². The number of hydrogen-bond donors (Lipinski definition) is 2. The molecule has 1 unspecified atom stereocenters. The van der Waals surface area contributed by atoms with Gasteiger partial charge in [-0.05, 0) is 63.6 Å². The summed E-state index contributed by atoms with van der Waals surface area (Å²) in [5, 5.41) is 12.6. The molecule has 1 aromatic heterocycles. The molecule has 2 aromatic rings. The number of nitrogens with zero attached hydrogens (tertiary/aromatic N) is 2. The Hall–Kier alpha value is -3.03. The van der Waals surface area contributed by atoms with Gasteiger partial charge < -0.3 is 20.1 Å². The van der Waals surface area contributed by atoms with E-state index in [1.54, 1.807) is 6.07 Å². The number of hydrogen-bond acceptors (Lipinski definition) is 5. The number of amides is 1. The third-order valence-electron chi connectivity index (χ3n) is 6.56. The number of likely N-dealkylation sites (tertiary alicyclic amines) is 1. The lowest BCUT2D eigenvalue weighted by Gasteiger charge is -2.29. The molecule has 172 valence electrons. The van der Waals surface area contributed by atoms with Crippen molar-refractivity contribution in [1.29, 1.82) is 0 Å². The molecule has 3 aliphatic heterocycles. The summed E-state index contributed by atoms with van der Waals surface area (Å²) in [6, 6.07) is 8.33. The number of nitrogens with one attached hydrogen (secondary N) is 1. The summed E-state index contributed by atoms with van der Waals surface area (Å²) in [6.45, 7) is 6.55. The molecule has 0 spiro atoms. The predicted octanol–water partition coefficient (Wildman–Crippen LogP) is 3.78. The summed E-state index contributed by atoms with van der Waals surface area (Å²) in [5.41, 5.74) is 3.75. The summed E-state index contributed by atoms with van der Waals surface area (Å²) >= 11 is 0. The molecule has 2 N–H and O–H groups in total. The van der Waals surface area contributed by atoms with Crippen LogP contribution in [0.1, 0.15) is 43.5 Å². The highest BCUT2D eigenvalue weighted by Crippen LogP contribution is 2.44. The Balaban J connectivity index is 1.37. The number of rotatable bonds is 4. The second kappa shape index (κ2) is 8.39. The van der Waals surface area contributed by atoms with Gasteiger partial charge in [-0.15, -0.1) is 0 Å². The Bertz CT molecular complexity index is 1150. The number of benzene rings is 1. The van der Waals surface area contributed by atoms with Crippen LogP contribution in [0.25, 0.3) is 11.1 Å². The monoisotopic (exact) mass is 449 g/mol. The lowest BCUT2D eigenvalue weighted by Crippen LogP contribution is -2.39. The largest absolute Gasteiger partial charge is 0.482 e. The van der Waals surface area contributed by atoms with E-state index in [0.29, 0.717) is 22.6 Å². The van der Waals surface area contributed by atoms with Crippen molar-refractivity contribution < 1.29 is 19.0 Å². The number of piperidine rings is 1. The highest BCUT2D eigenvalue weighted by Gasteiger charge is 2.38. The van der Waals surface area contributed by atoms with E-state index in [1.165, 1.54) is 12.1 Å². The summed E-state index contributed by atoms with van der Waals surface area (Å²) in [7, 11) is 0. The van der Waals surface area contributed by atoms with Gasteiger partial charge >= 0.3 is 0 Å². The SMILES string of the molecule is CC1(C)O/C(=C2/C(=O)Nc3cc(F)ccc32)C=C1c1ccc(CCN2CCCC(O)C2)nc1. The van der Waals surface area contributed by atoms with Crippen molar-refractivity contribution >= 4 is 22.7 Å². The molecule has 1 amide bonds. The molecule has 0 saturated carbocycles. The van der Waals surface area contributed by atoms with E-state index in [-0.39, 0.29) is 12.0 Å². The van der Waals surface area contributed by atoms with Crippen LogP contribution in [0.3, 0.4) is 0 Å². The fourth-order valence-corrected chi connectivity index (χ4v) is 4.85. The first-order chi connectivity index (χ1) is 15.8. The minimum absolute atomic E-state index is 0.220. The number of aromatic nitrogens is 1. The standard InChI is InChI=1S/C26H28FN3O3/c1-26(2)21(13-23(33-26)24-20-8-6-17(27)12-22(20)29-25(24)32)16-5-7-18(28-14-16)9-11-30-10-3-4-19(31)15-30/h5-8,12-14,19,31H,3-4,9-11,15H2,1-2H3,(H,29,32)/b24-23+. The van der Waals surface area contributed by atoms with Gasteiger partial charge in [0, 0.05) is 48.1 Å². The van der Waals surface area contributed by atoms with E-state index in [4.69, 9.17) is 4.74 Å². The zero-order chi connectivity index (χ0) is 23.2. The van der Waals surface area contributed by atoms with Gasteiger partial charge in [-0.2, -0.15) is 0 Å². The van der Waals surface area contributed by atoms with Crippen LogP contribution >= 0.6 is 0 Å². The topological polar surface area (TPSA) is 74.7 Å². The number of allylic oxidation sites excluding steroid dienone is 1. The average molecular weight is 450 g/mol. The maximum absolute atomic E-state index is 13.6. The maximum Gasteiger partial charge on any atom is 0.260 e. The van der Waals surface area contributed by atoms with E-state index >= 15 is 0 Å². The molecule has 5 rings (SSSR count). The number of aliphatic hydroxyl groups is 1. The molecule has 1 atom stereocenters. The van der Waals surface area contributed by atoms with Crippen molar-refractivity contribution in [3.63, 3.8) is 0 Å². The second-order valence-corrected chi connectivity index (χ2v) is 9.44. The quantitative estimate of drug-likeness (QED) is 0.695. The molecule has 1 fully saturated rings. The van der Waals surface area contributed by atoms with Crippen molar-refractivity contribution in [2.45, 2.75) is 44.8 Å². The fraction of sp³-hybridized carbons (Fsp3) is 0.385. The number of anilines is 1. The van der Waals surface area contributed by atoms with Crippen LogP contribution in [0.2, 0.25) is 0 Å². The highest BCUT2D eigenvalue weighted by molar-refractivity contribution is 6.32. The van der Waals surface area contributed by atoms with Gasteiger partial charge in [0.25, 0.3) is 5.91 Å². The first-order valence-electron chi connectivity index (χ1n) is 11.4. The Labute approximate surface area is 192 Å². The van der Waals surface area contributed by atoms with Crippen LogP contribution in [0.4, 0.5) is 10.1 Å². The molecule has 1 aromatic carbocycles. The maximum atomic E-state index is 13.6. The Morgan fingerprint density at radius 1 is 1.30 bits per heavy atom. The van der Waals surface area contributed by atoms with Crippen molar-refractivity contribution in [2.24, 2.45) is 0 Å². The fourth-order valence-electron chi connectivity index (χ4n) is 4.85. The molecule has 0 radical (unpaired) electrons. The molecule has 3 aliphatic rings. The first-order valence-corrected chi connectivity index (χ1v) is 11.4. The van der Waals surface area contributed by atoms with E-state index in [1.807, 2.05) is 38.3 Å². The van der Waals surface area contributed by atoms with Crippen molar-refractivity contribution in [1.82, 2.24) is 9.88 Å². The molecule has 0 aliphatic carbocycles. The molecule has 33 heavy (non-hydrogen) atoms. The van der Waals surface area contributed by atoms with Gasteiger partial charge in [-0.1, -0.05) is 6.07 Å². The number of β-amino-alcohol motifs (C(OH)–C–C–N with tert-alkyl or cyclic N) is 1. The van der Waals surface area contributed by atoms with Crippen molar-refractivity contribution in [2.75, 3.05) is 25.0 Å². The molecular weight excluding hydrogens is 421 g/mol. The summed E-state index contributed by atoms with van der Waals surface area (Å²) < 4.78 is 19.8. The zero-order valence-corrected chi connectivity index (χ0v) is 18.9. The molecule has 1 saturated heterocycles. The average Bonchev–Trinajstić information content (AvgIpc) is 3.26. The minimum atomic E-state index is -0.640. The van der Waals surface area contributed by atoms with Crippen LogP contribution in [0, 0.1) is 5.82 Å². The summed E-state index contributed by atoms with van der Waals surface area (Å²) in [5.74, 6) is -0.215. The van der Waals surface area contributed by atoms with E-state index in [9.17, 15) is 14.3 Å². The zero-order valence-electron chi connectivity index (χ0n) is 18.9. The number of carbonyl (C=O) groups is 1. The van der Waals surface area contributed by atoms with Crippen LogP contribution in [-0.4, -0.2) is 52.2 Å². The number of halogens is 1. The van der Waals surface area contributed by atoms with E-state index in [0.717, 1.165) is 55.7 Å². The van der Waals surface area contributed by atoms with Gasteiger partial charge in [-0.25, -0.2) is 4.39 Å². The molecular formula is C26H28FN3O3. The van der Waals surface area contributed by atoms with E-state index < -0.39 is 11.4 Å². The van der Waals surface area contributed by atoms with E-state index in [2.05, 4.69) is 15.2 Å². The first kappa shape index (κ1) is 21.8. The van der Waals surface area contributed by atoms with Gasteiger partial charge in [-0.3, -0.25) is 9.78 Å². The van der Waals surface area contributed by atoms with Gasteiger partial charge in [0.15, 0.2) is 0 Å². The third kappa shape index (κ3) is 4.30. The lowest BCUT2D eigenvalue weighted by atomic mass is 9.93. The number of carbonyl (C=O) groups excluding carboxylic acids is 1. The van der Waals surface area contributed by atoms with Gasteiger partial charge in [0.2, 0.25) is 0 Å². The molecule has 0 bridgehead atoms. The second-order valence-electron chi connectivity index (χ2n) is 9.44. The number of aliphatic hydroxyl groups excluding tert-OH is 1. The lowest BCUT2D eigenvalue weighted by molar-refractivity contribution is -0.111. The smallest absolute Gasteiger partial charge is 0.260 e. The number of fused-ring (bicyclic) bond motifs is 1. The number of ether oxygens (including phenoxy) is 1. The summed E-state index contributed by atoms with van der Waals surface area (Å²) in [6.07, 6.45) is 6.27. The number of pyridine rings is 1. The Morgan fingerprint density at radius 2 is 2.15 bits per heavy atom. The Morgan fingerprint density at radius 3 is 2.91 bits per heavy atom. The Kier molecular flexibility index (Phi) is 5.54. The van der Waals surface area contributed by atoms with Crippen molar-refractivity contribution in [3.05, 3.63) is 71.0 Å². The van der Waals surface area contributed by atoms with Crippen LogP contribution in [0.15, 0.2) is 48.4 Å². The minimum Gasteiger partial charge on any atom is -0.482 e. The molecule has 4 heterocycles. The van der Waals surface area contributed by atoms with Gasteiger partial charge in [0.1, 0.15) is 17.2 Å².